The van der Waals surface area contributed by atoms with Crippen molar-refractivity contribution in [3.8, 4) is 0 Å². The smallest absolute Gasteiger partial charge is 0.224 e. The number of amides is 1. The molecule has 3 N–H and O–H groups in total. The summed E-state index contributed by atoms with van der Waals surface area (Å²) in [5.41, 5.74) is 0. The van der Waals surface area contributed by atoms with Gasteiger partial charge in [0.1, 0.15) is 0 Å². The molecule has 19 heavy (non-hydrogen) atoms. The van der Waals surface area contributed by atoms with Crippen LogP contribution in [0.25, 0.3) is 0 Å². The second-order valence-corrected chi connectivity index (χ2v) is 7.17. The Morgan fingerprint density at radius 1 is 1.37 bits per heavy atom. The molecule has 0 aromatic carbocycles. The lowest BCUT2D eigenvalue weighted by molar-refractivity contribution is -0.124. The molecular formula is C12H25N3O3S. The van der Waals surface area contributed by atoms with Crippen LogP contribution in [0.1, 0.15) is 26.2 Å². The van der Waals surface area contributed by atoms with Crippen molar-refractivity contribution >= 4 is 15.9 Å². The zero-order valence-corrected chi connectivity index (χ0v) is 12.7. The first-order chi connectivity index (χ1) is 8.83. The van der Waals surface area contributed by atoms with Crippen LogP contribution >= 0.6 is 0 Å². The van der Waals surface area contributed by atoms with E-state index in [0.717, 1.165) is 19.3 Å². The third kappa shape index (κ3) is 5.88. The summed E-state index contributed by atoms with van der Waals surface area (Å²) >= 11 is 0. The second-order valence-electron chi connectivity index (χ2n) is 5.39. The second kappa shape index (κ2) is 7.21. The summed E-state index contributed by atoms with van der Waals surface area (Å²) in [5, 5.41) is 5.87. The summed E-state index contributed by atoms with van der Waals surface area (Å²) in [4.78, 5) is 11.8. The van der Waals surface area contributed by atoms with Crippen molar-refractivity contribution in [2.45, 2.75) is 32.2 Å². The molecule has 1 saturated carbocycles. The third-order valence-electron chi connectivity index (χ3n) is 3.52. The van der Waals surface area contributed by atoms with Gasteiger partial charge in [0.05, 0.1) is 6.26 Å². The standard InChI is InChI=1S/C12H25N3O3S/c1-9(7-13-2)12(16)14-8-10-5-4-6-11(10)15-19(3,17)18/h9-11,13,15H,4-8H2,1-3H3,(H,14,16). The number of carbonyl (C=O) groups excluding carboxylic acids is 1. The molecule has 7 heteroatoms. The maximum atomic E-state index is 11.8. The van der Waals surface area contributed by atoms with Crippen LogP contribution in [0.2, 0.25) is 0 Å². The first kappa shape index (κ1) is 16.4. The topological polar surface area (TPSA) is 87.3 Å². The summed E-state index contributed by atoms with van der Waals surface area (Å²) in [6.07, 6.45) is 3.98. The summed E-state index contributed by atoms with van der Waals surface area (Å²) < 4.78 is 25.2. The molecule has 0 aromatic rings. The molecule has 1 aliphatic rings. The van der Waals surface area contributed by atoms with Crippen molar-refractivity contribution in [3.05, 3.63) is 0 Å². The molecule has 0 spiro atoms. The van der Waals surface area contributed by atoms with Gasteiger partial charge in [0.2, 0.25) is 15.9 Å². The Morgan fingerprint density at radius 2 is 2.05 bits per heavy atom. The van der Waals surface area contributed by atoms with Gasteiger partial charge in [0, 0.05) is 25.0 Å². The van der Waals surface area contributed by atoms with Gasteiger partial charge in [-0.15, -0.1) is 0 Å². The third-order valence-corrected chi connectivity index (χ3v) is 4.25. The predicted molar refractivity (Wildman–Crippen MR) is 75.2 cm³/mol. The van der Waals surface area contributed by atoms with Crippen LogP contribution in [0.4, 0.5) is 0 Å². The zero-order valence-electron chi connectivity index (χ0n) is 11.9. The number of sulfonamides is 1. The minimum absolute atomic E-state index is 0.0133. The van der Waals surface area contributed by atoms with Crippen molar-refractivity contribution in [3.63, 3.8) is 0 Å². The van der Waals surface area contributed by atoms with Crippen LogP contribution in [-0.2, 0) is 14.8 Å². The molecule has 3 atom stereocenters. The van der Waals surface area contributed by atoms with Gasteiger partial charge >= 0.3 is 0 Å². The Bertz CT molecular complexity index is 397. The van der Waals surface area contributed by atoms with Gasteiger partial charge in [-0.25, -0.2) is 13.1 Å². The van der Waals surface area contributed by atoms with Crippen molar-refractivity contribution in [2.24, 2.45) is 11.8 Å². The highest BCUT2D eigenvalue weighted by Crippen LogP contribution is 2.25. The summed E-state index contributed by atoms with van der Waals surface area (Å²) in [6, 6.07) is -0.0464. The Hall–Kier alpha value is -0.660. The van der Waals surface area contributed by atoms with Gasteiger partial charge in [-0.2, -0.15) is 0 Å². The molecule has 0 saturated heterocycles. The van der Waals surface area contributed by atoms with Gasteiger partial charge in [-0.05, 0) is 25.8 Å². The monoisotopic (exact) mass is 291 g/mol. The van der Waals surface area contributed by atoms with Crippen molar-refractivity contribution in [1.82, 2.24) is 15.4 Å². The van der Waals surface area contributed by atoms with E-state index in [9.17, 15) is 13.2 Å². The molecular weight excluding hydrogens is 266 g/mol. The zero-order chi connectivity index (χ0) is 14.5. The number of nitrogens with one attached hydrogen (secondary N) is 3. The predicted octanol–water partition coefficient (Wildman–Crippen LogP) is -0.324. The average molecular weight is 291 g/mol. The van der Waals surface area contributed by atoms with Crippen LogP contribution in [0, 0.1) is 11.8 Å². The maximum absolute atomic E-state index is 11.8. The molecule has 1 rings (SSSR count). The van der Waals surface area contributed by atoms with E-state index >= 15 is 0 Å². The Labute approximate surface area is 115 Å². The minimum Gasteiger partial charge on any atom is -0.355 e. The van der Waals surface area contributed by atoms with Gasteiger partial charge in [0.25, 0.3) is 0 Å². The number of hydrogen-bond donors (Lipinski definition) is 3. The lowest BCUT2D eigenvalue weighted by Gasteiger charge is -2.21. The number of carbonyl (C=O) groups is 1. The Balaban J connectivity index is 2.41. The normalized spacial score (nSPS) is 25.2. The van der Waals surface area contributed by atoms with Gasteiger partial charge < -0.3 is 10.6 Å². The van der Waals surface area contributed by atoms with E-state index in [1.807, 2.05) is 14.0 Å². The lowest BCUT2D eigenvalue weighted by Crippen LogP contribution is -2.43. The summed E-state index contributed by atoms with van der Waals surface area (Å²) in [5.74, 6) is 0.132. The molecule has 0 heterocycles. The number of hydrogen-bond acceptors (Lipinski definition) is 4. The fourth-order valence-corrected chi connectivity index (χ4v) is 3.38. The van der Waals surface area contributed by atoms with E-state index in [2.05, 4.69) is 15.4 Å². The minimum atomic E-state index is -3.18. The molecule has 1 amide bonds. The van der Waals surface area contributed by atoms with Crippen LogP contribution in [0.3, 0.4) is 0 Å². The molecule has 0 aromatic heterocycles. The Morgan fingerprint density at radius 3 is 2.63 bits per heavy atom. The quantitative estimate of drug-likeness (QED) is 0.600. The van der Waals surface area contributed by atoms with E-state index in [1.165, 1.54) is 6.26 Å². The van der Waals surface area contributed by atoms with Gasteiger partial charge in [0.15, 0.2) is 0 Å². The fourth-order valence-electron chi connectivity index (χ4n) is 2.52. The largest absolute Gasteiger partial charge is 0.355 e. The van der Waals surface area contributed by atoms with Crippen molar-refractivity contribution < 1.29 is 13.2 Å². The Kier molecular flexibility index (Phi) is 6.22. The fraction of sp³-hybridized carbons (Fsp3) is 0.917. The van der Waals surface area contributed by atoms with E-state index < -0.39 is 10.0 Å². The first-order valence-electron chi connectivity index (χ1n) is 6.73. The van der Waals surface area contributed by atoms with E-state index in [4.69, 9.17) is 0 Å². The van der Waals surface area contributed by atoms with E-state index in [0.29, 0.717) is 13.1 Å². The molecule has 0 bridgehead atoms. The van der Waals surface area contributed by atoms with Crippen molar-refractivity contribution in [2.75, 3.05) is 26.4 Å². The van der Waals surface area contributed by atoms with E-state index in [-0.39, 0.29) is 23.8 Å². The van der Waals surface area contributed by atoms with Crippen LogP contribution in [0.15, 0.2) is 0 Å². The molecule has 3 unspecified atom stereocenters. The molecule has 1 aliphatic carbocycles. The van der Waals surface area contributed by atoms with E-state index in [1.54, 1.807) is 0 Å². The highest BCUT2D eigenvalue weighted by molar-refractivity contribution is 7.88. The summed E-state index contributed by atoms with van der Waals surface area (Å²) in [6.45, 7) is 3.05. The molecule has 1 fully saturated rings. The highest BCUT2D eigenvalue weighted by atomic mass is 32.2. The van der Waals surface area contributed by atoms with Crippen molar-refractivity contribution in [1.29, 1.82) is 0 Å². The highest BCUT2D eigenvalue weighted by Gasteiger charge is 2.29. The molecule has 6 nitrogen and oxygen atoms in total. The lowest BCUT2D eigenvalue weighted by atomic mass is 10.0. The SMILES string of the molecule is CNCC(C)C(=O)NCC1CCCC1NS(C)(=O)=O. The number of rotatable bonds is 7. The summed E-state index contributed by atoms with van der Waals surface area (Å²) in [7, 11) is -1.36. The maximum Gasteiger partial charge on any atom is 0.224 e. The van der Waals surface area contributed by atoms with Crippen LogP contribution in [0.5, 0.6) is 0 Å². The molecule has 112 valence electrons. The van der Waals surface area contributed by atoms with Gasteiger partial charge in [-0.3, -0.25) is 4.79 Å². The average Bonchev–Trinajstić information content (AvgIpc) is 2.71. The molecule has 0 aliphatic heterocycles. The van der Waals surface area contributed by atoms with Gasteiger partial charge in [-0.1, -0.05) is 13.3 Å². The van der Waals surface area contributed by atoms with Crippen LogP contribution in [-0.4, -0.2) is 46.8 Å². The van der Waals surface area contributed by atoms with Crippen LogP contribution < -0.4 is 15.4 Å². The first-order valence-corrected chi connectivity index (χ1v) is 8.62. The molecule has 0 radical (unpaired) electrons.